The molecule has 4 rings (SSSR count). The van der Waals surface area contributed by atoms with Gasteiger partial charge < -0.3 is 9.11 Å². The summed E-state index contributed by atoms with van der Waals surface area (Å²) in [5.41, 5.74) is -0.0174. The summed E-state index contributed by atoms with van der Waals surface area (Å²) in [5, 5.41) is 13.4. The molecular weight excluding hydrogens is 512 g/mol. The second-order valence-electron chi connectivity index (χ2n) is 7.05. The molecule has 1 aliphatic heterocycles. The molecule has 1 atom stereocenters. The summed E-state index contributed by atoms with van der Waals surface area (Å²) in [4.78, 5) is 11.7. The number of benzene rings is 3. The Kier molecular flexibility index (Phi) is 7.57. The fourth-order valence-electron chi connectivity index (χ4n) is 3.34. The normalized spacial score (nSPS) is 16.7. The largest absolute Gasteiger partial charge is 2.00 e. The van der Waals surface area contributed by atoms with Crippen molar-refractivity contribution in [3.63, 3.8) is 0 Å². The van der Waals surface area contributed by atoms with Gasteiger partial charge >= 0.3 is 37.7 Å². The first-order valence-corrected chi connectivity index (χ1v) is 12.1. The minimum atomic E-state index is -4.92. The summed E-state index contributed by atoms with van der Waals surface area (Å²) in [5.74, 6) is -0.705. The minimum absolute atomic E-state index is 0. The fraction of sp³-hybridized carbons (Fsp3) is 0.100. The smallest absolute Gasteiger partial charge is 0.744 e. The SMILES string of the molecule is CC1=NN(c2cccc(S(=O)(=O)[O-])c2)C(=O)C1N=Nc1ccc2ccccc2c1S(=O)(=O)[O-].[Ca+2]. The molecule has 3 aromatic rings. The third kappa shape index (κ3) is 5.20. The van der Waals surface area contributed by atoms with E-state index in [-0.39, 0.29) is 60.2 Å². The number of carbonyl (C=O) groups is 1. The zero-order valence-corrected chi connectivity index (χ0v) is 21.4. The first-order valence-electron chi connectivity index (χ1n) is 9.30. The molecule has 1 heterocycles. The molecule has 0 saturated heterocycles. The maximum atomic E-state index is 12.8. The molecule has 1 aliphatic rings. The third-order valence-electron chi connectivity index (χ3n) is 4.84. The number of amides is 1. The number of azo groups is 1. The van der Waals surface area contributed by atoms with Crippen LogP contribution in [-0.4, -0.2) is 81.3 Å². The topological polar surface area (TPSA) is 172 Å². The zero-order chi connectivity index (χ0) is 24.0. The van der Waals surface area contributed by atoms with Crippen LogP contribution in [0.1, 0.15) is 6.92 Å². The number of carbonyl (C=O) groups excluding carboxylic acids is 1. The van der Waals surface area contributed by atoms with Crippen LogP contribution in [0.25, 0.3) is 10.8 Å². The van der Waals surface area contributed by atoms with Crippen LogP contribution >= 0.6 is 0 Å². The second-order valence-corrected chi connectivity index (χ2v) is 9.75. The molecule has 11 nitrogen and oxygen atoms in total. The van der Waals surface area contributed by atoms with E-state index in [0.29, 0.717) is 5.39 Å². The van der Waals surface area contributed by atoms with Crippen LogP contribution in [0.5, 0.6) is 0 Å². The molecule has 170 valence electrons. The molecule has 0 N–H and O–H groups in total. The van der Waals surface area contributed by atoms with Gasteiger partial charge in [-0.1, -0.05) is 36.4 Å². The molecule has 0 spiro atoms. The van der Waals surface area contributed by atoms with Gasteiger partial charge in [-0.05, 0) is 36.6 Å². The maximum absolute atomic E-state index is 12.8. The van der Waals surface area contributed by atoms with Crippen molar-refractivity contribution in [2.45, 2.75) is 22.8 Å². The molecule has 1 amide bonds. The Hall–Kier alpha value is -2.26. The number of hydrogen-bond acceptors (Lipinski definition) is 10. The van der Waals surface area contributed by atoms with Gasteiger partial charge in [-0.15, -0.1) is 0 Å². The van der Waals surface area contributed by atoms with E-state index in [4.69, 9.17) is 0 Å². The van der Waals surface area contributed by atoms with Gasteiger partial charge in [0.2, 0.25) is 0 Å². The number of hydrogen-bond donors (Lipinski definition) is 0. The summed E-state index contributed by atoms with van der Waals surface area (Å²) in [6.45, 7) is 1.47. The van der Waals surface area contributed by atoms with Gasteiger partial charge in [-0.3, -0.25) is 4.79 Å². The van der Waals surface area contributed by atoms with Gasteiger partial charge in [0.15, 0.2) is 6.04 Å². The summed E-state index contributed by atoms with van der Waals surface area (Å²) < 4.78 is 69.6. The summed E-state index contributed by atoms with van der Waals surface area (Å²) in [7, 11) is -9.67. The number of rotatable bonds is 5. The van der Waals surface area contributed by atoms with Gasteiger partial charge in [0, 0.05) is 5.39 Å². The monoisotopic (exact) mass is 526 g/mol. The van der Waals surface area contributed by atoms with Crippen molar-refractivity contribution in [1.82, 2.24) is 0 Å². The van der Waals surface area contributed by atoms with Crippen molar-refractivity contribution in [3.8, 4) is 0 Å². The van der Waals surface area contributed by atoms with Crippen LogP contribution in [0.3, 0.4) is 0 Å². The molecule has 14 heteroatoms. The van der Waals surface area contributed by atoms with Crippen molar-refractivity contribution >= 4 is 91.7 Å². The number of fused-ring (bicyclic) bond motifs is 1. The Labute approximate surface area is 224 Å². The van der Waals surface area contributed by atoms with Crippen molar-refractivity contribution in [2.75, 3.05) is 5.01 Å². The average molecular weight is 527 g/mol. The summed E-state index contributed by atoms with van der Waals surface area (Å²) >= 11 is 0. The Bertz CT molecular complexity index is 1570. The molecular formula is C20H14CaN4O7S2. The molecule has 0 fully saturated rings. The number of hydrazone groups is 1. The average Bonchev–Trinajstić information content (AvgIpc) is 3.04. The quantitative estimate of drug-likeness (QED) is 0.278. The van der Waals surface area contributed by atoms with Crippen LogP contribution in [0, 0.1) is 0 Å². The third-order valence-corrected chi connectivity index (χ3v) is 6.60. The minimum Gasteiger partial charge on any atom is -0.744 e. The van der Waals surface area contributed by atoms with E-state index in [2.05, 4.69) is 15.3 Å². The molecule has 1 unspecified atom stereocenters. The van der Waals surface area contributed by atoms with Crippen LogP contribution in [0.2, 0.25) is 0 Å². The van der Waals surface area contributed by atoms with E-state index in [9.17, 15) is 30.7 Å². The Balaban J connectivity index is 0.00000324. The van der Waals surface area contributed by atoms with Crippen molar-refractivity contribution in [3.05, 3.63) is 60.7 Å². The summed E-state index contributed by atoms with van der Waals surface area (Å²) in [6, 6.07) is 12.7. The Morgan fingerprint density at radius 1 is 0.941 bits per heavy atom. The Morgan fingerprint density at radius 2 is 1.65 bits per heavy atom. The molecule has 0 radical (unpaired) electrons. The van der Waals surface area contributed by atoms with Crippen LogP contribution in [0.4, 0.5) is 11.4 Å². The van der Waals surface area contributed by atoms with Crippen LogP contribution in [0.15, 0.2) is 85.8 Å². The van der Waals surface area contributed by atoms with E-state index in [0.717, 1.165) is 17.1 Å². The van der Waals surface area contributed by atoms with Gasteiger partial charge in [-0.25, -0.2) is 16.8 Å². The van der Waals surface area contributed by atoms with Gasteiger partial charge in [-0.2, -0.15) is 20.3 Å². The molecule has 0 bridgehead atoms. The van der Waals surface area contributed by atoms with Crippen LogP contribution in [-0.2, 0) is 25.0 Å². The van der Waals surface area contributed by atoms with E-state index >= 15 is 0 Å². The zero-order valence-electron chi connectivity index (χ0n) is 17.5. The van der Waals surface area contributed by atoms with Crippen molar-refractivity contribution in [2.24, 2.45) is 15.3 Å². The summed E-state index contributed by atoms with van der Waals surface area (Å²) in [6.07, 6.45) is 0. The molecule has 0 aromatic heterocycles. The van der Waals surface area contributed by atoms with Gasteiger partial charge in [0.1, 0.15) is 25.9 Å². The van der Waals surface area contributed by atoms with Crippen molar-refractivity contribution < 1.29 is 30.7 Å². The van der Waals surface area contributed by atoms with E-state index < -0.39 is 42.0 Å². The Morgan fingerprint density at radius 3 is 2.32 bits per heavy atom. The number of anilines is 1. The van der Waals surface area contributed by atoms with Gasteiger partial charge in [0.25, 0.3) is 5.91 Å². The predicted octanol–water partition coefficient (Wildman–Crippen LogP) is 2.14. The molecule has 0 saturated carbocycles. The molecule has 34 heavy (non-hydrogen) atoms. The number of nitrogens with zero attached hydrogens (tertiary/aromatic N) is 4. The first-order chi connectivity index (χ1) is 15.5. The molecule has 3 aromatic carbocycles. The standard InChI is InChI=1S/C20H16N4O7S2.Ca/c1-12-18(20(25)24(23-12)14-6-4-7-15(11-14)32(26,27)28)22-21-17-10-9-13-5-2-3-8-16(13)19(17)33(29,30)31;/h2-11,18H,1H3,(H,26,27,28)(H,29,30,31);/q;+2/p-2. The van der Waals surface area contributed by atoms with E-state index in [1.165, 1.54) is 31.2 Å². The van der Waals surface area contributed by atoms with E-state index in [1.54, 1.807) is 24.3 Å². The molecule has 0 aliphatic carbocycles. The fourth-order valence-corrected chi connectivity index (χ4v) is 4.67. The van der Waals surface area contributed by atoms with E-state index in [1.807, 2.05) is 0 Å². The second kappa shape index (κ2) is 9.77. The predicted molar refractivity (Wildman–Crippen MR) is 121 cm³/mol. The van der Waals surface area contributed by atoms with Crippen LogP contribution < -0.4 is 5.01 Å². The van der Waals surface area contributed by atoms with Gasteiger partial charge in [0.05, 0.1) is 21.2 Å². The maximum Gasteiger partial charge on any atom is 2.00 e. The first kappa shape index (κ1) is 26.3. The van der Waals surface area contributed by atoms with Crippen molar-refractivity contribution in [1.29, 1.82) is 0 Å².